The number of nitrogen functional groups attached to an aromatic ring is 3. The van der Waals surface area contributed by atoms with E-state index >= 15 is 0 Å². The minimum atomic E-state index is -0.103. The van der Waals surface area contributed by atoms with E-state index in [9.17, 15) is 0 Å². The van der Waals surface area contributed by atoms with Crippen molar-refractivity contribution in [2.24, 2.45) is 0 Å². The van der Waals surface area contributed by atoms with Gasteiger partial charge in [-0.25, -0.2) is 0 Å². The van der Waals surface area contributed by atoms with Crippen LogP contribution in [0.15, 0.2) is 0 Å². The van der Waals surface area contributed by atoms with Gasteiger partial charge in [-0.3, -0.25) is 0 Å². The maximum Gasteiger partial charge on any atom is 0.158 e. The standard InChI is InChI=1S/C10H17IN4/c1-10(2,3)4-6(12)8(14)5(11)9(15)7(4)13/h12-15H2,1-3H3/p+1. The summed E-state index contributed by atoms with van der Waals surface area (Å²) in [5, 5.41) is 0. The summed E-state index contributed by atoms with van der Waals surface area (Å²) in [6.07, 6.45) is 0. The Morgan fingerprint density at radius 1 is 1.00 bits per heavy atom. The molecule has 0 atom stereocenters. The Kier molecular flexibility index (Phi) is 3.06. The van der Waals surface area contributed by atoms with Crippen LogP contribution in [-0.4, -0.2) is 0 Å². The molecule has 0 saturated heterocycles. The monoisotopic (exact) mass is 321 g/mol. The molecule has 0 aliphatic heterocycles. The molecule has 1 aromatic carbocycles. The average molecular weight is 321 g/mol. The quantitative estimate of drug-likeness (QED) is 0.426. The smallest absolute Gasteiger partial charge is 0.158 e. The van der Waals surface area contributed by atoms with Gasteiger partial charge < -0.3 is 22.9 Å². The van der Waals surface area contributed by atoms with Crippen molar-refractivity contribution < 1.29 is 5.73 Å². The normalized spacial score (nSPS) is 11.8. The van der Waals surface area contributed by atoms with Gasteiger partial charge in [0.05, 0.1) is 14.9 Å². The van der Waals surface area contributed by atoms with Gasteiger partial charge in [0, 0.05) is 5.56 Å². The first kappa shape index (κ1) is 12.4. The lowest BCUT2D eigenvalue weighted by Crippen LogP contribution is -2.44. The fourth-order valence-corrected chi connectivity index (χ4v) is 2.30. The van der Waals surface area contributed by atoms with E-state index in [0.717, 1.165) is 14.8 Å². The molecule has 84 valence electrons. The summed E-state index contributed by atoms with van der Waals surface area (Å²) >= 11 is 2.09. The van der Waals surface area contributed by atoms with Crippen molar-refractivity contribution in [3.05, 3.63) is 9.13 Å². The summed E-state index contributed by atoms with van der Waals surface area (Å²) in [7, 11) is 0. The second-order valence-corrected chi connectivity index (χ2v) is 5.74. The number of benzene rings is 1. The lowest BCUT2D eigenvalue weighted by atomic mass is 9.83. The maximum absolute atomic E-state index is 6.01. The second-order valence-electron chi connectivity index (χ2n) is 4.66. The number of nitrogens with two attached hydrogens (primary N) is 3. The van der Waals surface area contributed by atoms with Crippen LogP contribution in [0.3, 0.4) is 0 Å². The van der Waals surface area contributed by atoms with Gasteiger partial charge in [-0.1, -0.05) is 20.8 Å². The van der Waals surface area contributed by atoms with Crippen molar-refractivity contribution in [3.63, 3.8) is 0 Å². The fraction of sp³-hybridized carbons (Fsp3) is 0.400. The molecule has 0 bridgehead atoms. The van der Waals surface area contributed by atoms with Gasteiger partial charge in [-0.15, -0.1) is 0 Å². The Balaban J connectivity index is 3.68. The highest BCUT2D eigenvalue weighted by Gasteiger charge is 2.27. The van der Waals surface area contributed by atoms with Crippen molar-refractivity contribution in [1.82, 2.24) is 0 Å². The van der Waals surface area contributed by atoms with Gasteiger partial charge in [-0.2, -0.15) is 0 Å². The van der Waals surface area contributed by atoms with Crippen LogP contribution in [0.25, 0.3) is 0 Å². The van der Waals surface area contributed by atoms with Gasteiger partial charge in [0.1, 0.15) is 5.69 Å². The molecule has 15 heavy (non-hydrogen) atoms. The molecule has 0 radical (unpaired) electrons. The molecule has 0 unspecified atom stereocenters. The van der Waals surface area contributed by atoms with Gasteiger partial charge in [0.25, 0.3) is 0 Å². The molecule has 5 heteroatoms. The molecule has 4 nitrogen and oxygen atoms in total. The first-order chi connectivity index (χ1) is 6.68. The molecule has 0 saturated carbocycles. The third kappa shape index (κ3) is 1.98. The summed E-state index contributed by atoms with van der Waals surface area (Å²) in [5.74, 6) is 0. The molecule has 0 heterocycles. The van der Waals surface area contributed by atoms with Crippen molar-refractivity contribution in [1.29, 1.82) is 0 Å². The number of anilines is 3. The van der Waals surface area contributed by atoms with Gasteiger partial charge in [0.15, 0.2) is 5.69 Å². The van der Waals surface area contributed by atoms with Crippen LogP contribution < -0.4 is 22.9 Å². The van der Waals surface area contributed by atoms with Crippen LogP contribution in [0.1, 0.15) is 26.3 Å². The summed E-state index contributed by atoms with van der Waals surface area (Å²) in [4.78, 5) is 0. The zero-order valence-electron chi connectivity index (χ0n) is 9.32. The topological polar surface area (TPSA) is 106 Å². The molecule has 1 rings (SSSR count). The Hall–Kier alpha value is -0.690. The van der Waals surface area contributed by atoms with Crippen molar-refractivity contribution in [3.8, 4) is 0 Å². The Morgan fingerprint density at radius 3 is 1.87 bits per heavy atom. The predicted molar refractivity (Wildman–Crippen MR) is 73.6 cm³/mol. The first-order valence-electron chi connectivity index (χ1n) is 4.66. The summed E-state index contributed by atoms with van der Waals surface area (Å²) in [6, 6.07) is 0. The Labute approximate surface area is 104 Å². The van der Waals surface area contributed by atoms with Crippen molar-refractivity contribution in [2.75, 3.05) is 17.2 Å². The van der Waals surface area contributed by atoms with Gasteiger partial charge in [-0.05, 0) is 28.0 Å². The third-order valence-electron chi connectivity index (χ3n) is 2.41. The number of hydrogen-bond acceptors (Lipinski definition) is 3. The molecule has 0 fully saturated rings. The number of halogens is 1. The predicted octanol–water partition coefficient (Wildman–Crippen LogP) is 1.21. The molecular weight excluding hydrogens is 303 g/mol. The minimum Gasteiger partial charge on any atom is -0.397 e. The fourth-order valence-electron chi connectivity index (χ4n) is 1.68. The van der Waals surface area contributed by atoms with Crippen molar-refractivity contribution in [2.45, 2.75) is 26.2 Å². The van der Waals surface area contributed by atoms with E-state index in [-0.39, 0.29) is 5.41 Å². The highest BCUT2D eigenvalue weighted by atomic mass is 127. The zero-order chi connectivity index (χ0) is 12.0. The van der Waals surface area contributed by atoms with Crippen LogP contribution in [0.4, 0.5) is 22.7 Å². The van der Waals surface area contributed by atoms with Gasteiger partial charge >= 0.3 is 0 Å². The number of rotatable bonds is 0. The lowest BCUT2D eigenvalue weighted by Gasteiger charge is -2.24. The molecule has 9 N–H and O–H groups in total. The number of hydrogen-bond donors (Lipinski definition) is 4. The molecule has 0 aliphatic carbocycles. The van der Waals surface area contributed by atoms with Crippen LogP contribution >= 0.6 is 22.6 Å². The first-order valence-corrected chi connectivity index (χ1v) is 5.74. The van der Waals surface area contributed by atoms with Crippen molar-refractivity contribution >= 4 is 45.3 Å². The highest BCUT2D eigenvalue weighted by molar-refractivity contribution is 14.1. The van der Waals surface area contributed by atoms with E-state index in [0.29, 0.717) is 17.1 Å². The molecule has 0 spiro atoms. The van der Waals surface area contributed by atoms with E-state index in [2.05, 4.69) is 49.1 Å². The molecular formula is C10H18IN4+. The molecule has 0 aliphatic rings. The van der Waals surface area contributed by atoms with E-state index in [1.54, 1.807) is 0 Å². The number of quaternary nitrogens is 1. The average Bonchev–Trinajstić information content (AvgIpc) is 2.09. The highest BCUT2D eigenvalue weighted by Crippen LogP contribution is 2.42. The molecule has 1 aromatic rings. The van der Waals surface area contributed by atoms with Crippen LogP contribution in [0.2, 0.25) is 0 Å². The minimum absolute atomic E-state index is 0.103. The lowest BCUT2D eigenvalue weighted by molar-refractivity contribution is -0.255. The van der Waals surface area contributed by atoms with Crippen LogP contribution in [0.5, 0.6) is 0 Å². The van der Waals surface area contributed by atoms with E-state index in [1.807, 2.05) is 0 Å². The van der Waals surface area contributed by atoms with E-state index < -0.39 is 0 Å². The Morgan fingerprint density at radius 2 is 1.47 bits per heavy atom. The third-order valence-corrected chi connectivity index (χ3v) is 3.57. The summed E-state index contributed by atoms with van der Waals surface area (Å²) in [5.41, 5.74) is 25.3. The molecule has 0 aromatic heterocycles. The Bertz CT molecular complexity index is 378. The van der Waals surface area contributed by atoms with E-state index in [1.165, 1.54) is 0 Å². The largest absolute Gasteiger partial charge is 0.397 e. The summed E-state index contributed by atoms with van der Waals surface area (Å²) in [6.45, 7) is 6.21. The van der Waals surface area contributed by atoms with Gasteiger partial charge in [0.2, 0.25) is 0 Å². The van der Waals surface area contributed by atoms with E-state index in [4.69, 9.17) is 17.2 Å². The molecule has 0 amide bonds. The van der Waals surface area contributed by atoms with Crippen LogP contribution in [-0.2, 0) is 5.41 Å². The maximum atomic E-state index is 6.01. The van der Waals surface area contributed by atoms with Crippen LogP contribution in [0, 0.1) is 3.57 Å². The SMILES string of the molecule is CC(C)(C)c1c(N)c(N)c(I)c(N)c1[NH3+]. The summed E-state index contributed by atoms with van der Waals surface area (Å²) < 4.78 is 0.795. The second kappa shape index (κ2) is 3.71. The zero-order valence-corrected chi connectivity index (χ0v) is 11.5.